The van der Waals surface area contributed by atoms with Crippen LogP contribution >= 0.6 is 0 Å². The van der Waals surface area contributed by atoms with Gasteiger partial charge in [-0.3, -0.25) is 0 Å². The minimum absolute atomic E-state index is 0.431. The van der Waals surface area contributed by atoms with E-state index in [9.17, 15) is 0 Å². The molecule has 0 aliphatic heterocycles. The summed E-state index contributed by atoms with van der Waals surface area (Å²) in [6.07, 6.45) is 16.2. The molecule has 3 heteroatoms. The van der Waals surface area contributed by atoms with Crippen molar-refractivity contribution in [2.24, 2.45) is 29.1 Å². The van der Waals surface area contributed by atoms with Gasteiger partial charge in [0.2, 0.25) is 11.8 Å². The van der Waals surface area contributed by atoms with Crippen LogP contribution in [0.25, 0.3) is 0 Å². The molecule has 0 bridgehead atoms. The van der Waals surface area contributed by atoms with Gasteiger partial charge in [-0.05, 0) is 93.3 Å². The molecule has 0 atom stereocenters. The van der Waals surface area contributed by atoms with Gasteiger partial charge in [-0.1, -0.05) is 40.5 Å². The Morgan fingerprint density at radius 2 is 1.07 bits per heavy atom. The molecule has 28 heavy (non-hydrogen) atoms. The summed E-state index contributed by atoms with van der Waals surface area (Å²) in [7, 11) is 0. The van der Waals surface area contributed by atoms with Crippen molar-refractivity contribution in [3.05, 3.63) is 11.8 Å². The molecule has 3 nitrogen and oxygen atoms in total. The molecule has 1 heterocycles. The Bertz CT molecular complexity index is 607. The van der Waals surface area contributed by atoms with E-state index in [-0.39, 0.29) is 0 Å². The molecule has 3 saturated carbocycles. The van der Waals surface area contributed by atoms with Gasteiger partial charge in [0.15, 0.2) is 0 Å². The van der Waals surface area contributed by atoms with Gasteiger partial charge >= 0.3 is 0 Å². The predicted molar refractivity (Wildman–Crippen MR) is 114 cm³/mol. The van der Waals surface area contributed by atoms with Crippen LogP contribution in [-0.4, -0.2) is 10.2 Å². The first kappa shape index (κ1) is 20.4. The van der Waals surface area contributed by atoms with Gasteiger partial charge in [-0.25, -0.2) is 0 Å². The third-order valence-corrected chi connectivity index (χ3v) is 8.61. The molecule has 3 aliphatic carbocycles. The van der Waals surface area contributed by atoms with Crippen LogP contribution in [0.5, 0.6) is 0 Å². The molecule has 158 valence electrons. The van der Waals surface area contributed by atoms with Crippen LogP contribution in [0.1, 0.15) is 128 Å². The van der Waals surface area contributed by atoms with E-state index in [0.29, 0.717) is 17.3 Å². The van der Waals surface area contributed by atoms with Crippen LogP contribution in [0.4, 0.5) is 0 Å². The first-order chi connectivity index (χ1) is 13.4. The minimum atomic E-state index is 0.431. The van der Waals surface area contributed by atoms with Crippen molar-refractivity contribution in [3.8, 4) is 0 Å². The monoisotopic (exact) mass is 386 g/mol. The van der Waals surface area contributed by atoms with Crippen LogP contribution in [-0.2, 0) is 0 Å². The molecule has 0 N–H and O–H groups in total. The van der Waals surface area contributed by atoms with Crippen molar-refractivity contribution in [1.29, 1.82) is 0 Å². The standard InChI is InChI=1S/C25H42N2O/c1-17-5-7-18(8-6-17)19-9-11-20(12-10-19)23-26-27-24(28-23)21-13-15-22(16-14-21)25(2,3)4/h17-22H,5-16H2,1-4H3. The van der Waals surface area contributed by atoms with E-state index in [2.05, 4.69) is 37.9 Å². The Labute approximate surface area is 172 Å². The summed E-state index contributed by atoms with van der Waals surface area (Å²) < 4.78 is 6.26. The van der Waals surface area contributed by atoms with E-state index < -0.39 is 0 Å². The van der Waals surface area contributed by atoms with Crippen molar-refractivity contribution in [3.63, 3.8) is 0 Å². The van der Waals surface area contributed by atoms with Crippen molar-refractivity contribution in [2.75, 3.05) is 0 Å². The lowest BCUT2D eigenvalue weighted by atomic mass is 9.69. The molecule has 0 radical (unpaired) electrons. The Morgan fingerprint density at radius 3 is 1.54 bits per heavy atom. The van der Waals surface area contributed by atoms with Crippen molar-refractivity contribution in [1.82, 2.24) is 10.2 Å². The first-order valence-electron chi connectivity index (χ1n) is 12.2. The molecule has 4 rings (SSSR count). The SMILES string of the molecule is CC1CCC(C2CCC(c3nnc(C4CCC(C(C)(C)C)CC4)o3)CC2)CC1. The highest BCUT2D eigenvalue weighted by Gasteiger charge is 2.34. The second-order valence-electron chi connectivity index (χ2n) is 11.5. The van der Waals surface area contributed by atoms with Gasteiger partial charge in [0, 0.05) is 11.8 Å². The topological polar surface area (TPSA) is 38.9 Å². The molecule has 3 fully saturated rings. The number of hydrogen-bond donors (Lipinski definition) is 0. The van der Waals surface area contributed by atoms with E-state index in [0.717, 1.165) is 35.5 Å². The van der Waals surface area contributed by atoms with Crippen LogP contribution in [0, 0.1) is 29.1 Å². The lowest BCUT2D eigenvalue weighted by Gasteiger charge is -2.36. The van der Waals surface area contributed by atoms with E-state index in [4.69, 9.17) is 4.42 Å². The number of nitrogens with zero attached hydrogens (tertiary/aromatic N) is 2. The van der Waals surface area contributed by atoms with Gasteiger partial charge in [0.25, 0.3) is 0 Å². The Hall–Kier alpha value is -0.860. The van der Waals surface area contributed by atoms with Crippen molar-refractivity contribution >= 4 is 0 Å². The molecule has 0 saturated heterocycles. The summed E-state index contributed by atoms with van der Waals surface area (Å²) >= 11 is 0. The molecule has 0 unspecified atom stereocenters. The largest absolute Gasteiger partial charge is 0.425 e. The summed E-state index contributed by atoms with van der Waals surface area (Å²) in [5, 5.41) is 9.02. The van der Waals surface area contributed by atoms with Gasteiger partial charge in [0.1, 0.15) is 0 Å². The van der Waals surface area contributed by atoms with Gasteiger partial charge in [0.05, 0.1) is 0 Å². The van der Waals surface area contributed by atoms with E-state index in [1.807, 2.05) is 0 Å². The fourth-order valence-electron chi connectivity index (χ4n) is 6.38. The zero-order chi connectivity index (χ0) is 19.7. The van der Waals surface area contributed by atoms with Gasteiger partial charge < -0.3 is 4.42 Å². The Balaban J connectivity index is 1.27. The quantitative estimate of drug-likeness (QED) is 0.540. The maximum atomic E-state index is 6.26. The van der Waals surface area contributed by atoms with E-state index >= 15 is 0 Å². The zero-order valence-corrected chi connectivity index (χ0v) is 18.8. The maximum Gasteiger partial charge on any atom is 0.219 e. The number of hydrogen-bond acceptors (Lipinski definition) is 3. The molecule has 0 amide bonds. The van der Waals surface area contributed by atoms with Crippen LogP contribution in [0.3, 0.4) is 0 Å². The summed E-state index contributed by atoms with van der Waals surface area (Å²) in [6.45, 7) is 9.57. The predicted octanol–water partition coefficient (Wildman–Crippen LogP) is 7.49. The van der Waals surface area contributed by atoms with E-state index in [1.54, 1.807) is 0 Å². The maximum absolute atomic E-state index is 6.26. The summed E-state index contributed by atoms with van der Waals surface area (Å²) in [4.78, 5) is 0. The molecule has 3 aliphatic rings. The first-order valence-corrected chi connectivity index (χ1v) is 12.2. The Morgan fingerprint density at radius 1 is 0.643 bits per heavy atom. The van der Waals surface area contributed by atoms with Crippen LogP contribution in [0.15, 0.2) is 4.42 Å². The fourth-order valence-corrected chi connectivity index (χ4v) is 6.38. The summed E-state index contributed by atoms with van der Waals surface area (Å²) in [6, 6.07) is 0. The van der Waals surface area contributed by atoms with Crippen molar-refractivity contribution < 1.29 is 4.42 Å². The highest BCUT2D eigenvalue weighted by molar-refractivity contribution is 5.00. The molecule has 1 aromatic rings. The Kier molecular flexibility index (Phi) is 6.18. The van der Waals surface area contributed by atoms with E-state index in [1.165, 1.54) is 77.0 Å². The number of aromatic nitrogens is 2. The van der Waals surface area contributed by atoms with Crippen LogP contribution < -0.4 is 0 Å². The second-order valence-corrected chi connectivity index (χ2v) is 11.5. The molecular formula is C25H42N2O. The smallest absolute Gasteiger partial charge is 0.219 e. The zero-order valence-electron chi connectivity index (χ0n) is 18.8. The average Bonchev–Trinajstić information content (AvgIpc) is 3.18. The lowest BCUT2D eigenvalue weighted by molar-refractivity contribution is 0.154. The molecule has 0 aromatic carbocycles. The van der Waals surface area contributed by atoms with Crippen LogP contribution in [0.2, 0.25) is 0 Å². The summed E-state index contributed by atoms with van der Waals surface area (Å²) in [5.41, 5.74) is 0.431. The third-order valence-electron chi connectivity index (χ3n) is 8.61. The highest BCUT2D eigenvalue weighted by Crippen LogP contribution is 2.45. The van der Waals surface area contributed by atoms with Crippen molar-refractivity contribution in [2.45, 2.75) is 117 Å². The minimum Gasteiger partial charge on any atom is -0.425 e. The fraction of sp³-hybridized carbons (Fsp3) is 0.920. The highest BCUT2D eigenvalue weighted by atomic mass is 16.4. The van der Waals surface area contributed by atoms with Gasteiger partial charge in [-0.2, -0.15) is 0 Å². The number of rotatable bonds is 3. The van der Waals surface area contributed by atoms with Gasteiger partial charge in [-0.15, -0.1) is 10.2 Å². The third kappa shape index (κ3) is 4.65. The normalized spacial score (nSPS) is 37.7. The average molecular weight is 387 g/mol. The molecule has 0 spiro atoms. The molecular weight excluding hydrogens is 344 g/mol. The second kappa shape index (κ2) is 8.48. The molecule has 1 aromatic heterocycles. The summed E-state index contributed by atoms with van der Waals surface area (Å²) in [5.74, 6) is 6.65. The lowest BCUT2D eigenvalue weighted by Crippen LogP contribution is -2.25.